The monoisotopic (exact) mass is 558 g/mol. The third-order valence-electron chi connectivity index (χ3n) is 7.20. The van der Waals surface area contributed by atoms with Crippen molar-refractivity contribution in [2.75, 3.05) is 6.54 Å². The van der Waals surface area contributed by atoms with E-state index in [2.05, 4.69) is 22.9 Å². The summed E-state index contributed by atoms with van der Waals surface area (Å²) in [5.74, 6) is -2.89. The van der Waals surface area contributed by atoms with Crippen molar-refractivity contribution in [3.63, 3.8) is 0 Å². The highest BCUT2D eigenvalue weighted by Crippen LogP contribution is 2.22. The fourth-order valence-electron chi connectivity index (χ4n) is 4.77. The largest absolute Gasteiger partial charge is 0.480 e. The van der Waals surface area contributed by atoms with Gasteiger partial charge in [-0.1, -0.05) is 62.9 Å². The minimum absolute atomic E-state index is 0.147. The predicted octanol–water partition coefficient (Wildman–Crippen LogP) is 2.94. The maximum atomic E-state index is 13.5. The number of rotatable bonds is 15. The van der Waals surface area contributed by atoms with E-state index in [1.807, 2.05) is 30.3 Å². The fraction of sp³-hybridized carbons (Fsp3) is 0.633. The Kier molecular flexibility index (Phi) is 12.1. The Morgan fingerprint density at radius 3 is 2.23 bits per heavy atom. The molecule has 40 heavy (non-hydrogen) atoms. The molecule has 0 bridgehead atoms. The minimum atomic E-state index is -1.54. The molecule has 4 N–H and O–H groups in total. The number of carbonyl (C=O) groups excluding carboxylic acids is 4. The van der Waals surface area contributed by atoms with Crippen molar-refractivity contribution in [3.05, 3.63) is 35.9 Å². The van der Waals surface area contributed by atoms with Crippen molar-refractivity contribution in [2.45, 2.75) is 116 Å². The molecule has 1 aliphatic rings. The molecular formula is C30H46N4O6. The summed E-state index contributed by atoms with van der Waals surface area (Å²) < 4.78 is 0. The van der Waals surface area contributed by atoms with Gasteiger partial charge in [-0.2, -0.15) is 0 Å². The molecule has 0 unspecified atom stereocenters. The summed E-state index contributed by atoms with van der Waals surface area (Å²) in [4.78, 5) is 65.7. The number of hydrogen-bond donors (Lipinski definition) is 4. The molecule has 0 saturated carbocycles. The van der Waals surface area contributed by atoms with Crippen molar-refractivity contribution >= 4 is 29.6 Å². The second-order valence-corrected chi connectivity index (χ2v) is 11.7. The average Bonchev–Trinajstić information content (AvgIpc) is 3.37. The Bertz CT molecular complexity index is 1040. The maximum Gasteiger partial charge on any atom is 0.328 e. The van der Waals surface area contributed by atoms with E-state index in [0.29, 0.717) is 25.8 Å². The summed E-state index contributed by atoms with van der Waals surface area (Å²) in [5.41, 5.74) is -1.95. The highest BCUT2D eigenvalue weighted by molar-refractivity contribution is 5.97. The predicted molar refractivity (Wildman–Crippen MR) is 152 cm³/mol. The Morgan fingerprint density at radius 1 is 0.950 bits per heavy atom. The van der Waals surface area contributed by atoms with E-state index < -0.39 is 40.9 Å². The van der Waals surface area contributed by atoms with Gasteiger partial charge in [-0.25, -0.2) is 4.79 Å². The highest BCUT2D eigenvalue weighted by Gasteiger charge is 2.42. The standard InChI is InChI=1S/C30H46N4O6/c1-6-7-8-9-13-18-24(35)32-29(2,3)27(38)34-19-14-17-23(34)26(37)31-22(20-21-15-11-10-12-16-21)25(36)33-30(4,5)28(39)40/h10-12,15-16,22-23H,6-9,13-14,17-20H2,1-5H3,(H,31,37)(H,32,35)(H,33,36)(H,39,40)/t22-,23-/m0/s1. The molecule has 4 amide bonds. The van der Waals surface area contributed by atoms with E-state index in [9.17, 15) is 29.1 Å². The first-order valence-corrected chi connectivity index (χ1v) is 14.3. The maximum absolute atomic E-state index is 13.5. The molecule has 10 nitrogen and oxygen atoms in total. The van der Waals surface area contributed by atoms with Gasteiger partial charge in [0.1, 0.15) is 23.2 Å². The second-order valence-electron chi connectivity index (χ2n) is 11.7. The quantitative estimate of drug-likeness (QED) is 0.244. The van der Waals surface area contributed by atoms with E-state index in [1.54, 1.807) is 13.8 Å². The molecule has 222 valence electrons. The van der Waals surface area contributed by atoms with Crippen LogP contribution in [0.25, 0.3) is 0 Å². The number of aliphatic carboxylic acids is 1. The zero-order chi connectivity index (χ0) is 29.9. The van der Waals surface area contributed by atoms with Crippen LogP contribution in [-0.2, 0) is 30.4 Å². The number of carboxylic acids is 1. The van der Waals surface area contributed by atoms with E-state index in [4.69, 9.17) is 0 Å². The summed E-state index contributed by atoms with van der Waals surface area (Å²) in [6.45, 7) is 8.50. The number of hydrogen-bond acceptors (Lipinski definition) is 5. The number of carbonyl (C=O) groups is 5. The molecule has 0 aliphatic carbocycles. The number of nitrogens with one attached hydrogen (secondary N) is 3. The number of unbranched alkanes of at least 4 members (excludes halogenated alkanes) is 4. The van der Waals surface area contributed by atoms with Crippen molar-refractivity contribution in [1.29, 1.82) is 0 Å². The van der Waals surface area contributed by atoms with Gasteiger partial charge >= 0.3 is 5.97 Å². The first-order valence-electron chi connectivity index (χ1n) is 14.3. The van der Waals surface area contributed by atoms with Crippen LogP contribution in [0.3, 0.4) is 0 Å². The van der Waals surface area contributed by atoms with Gasteiger partial charge in [0.2, 0.25) is 23.6 Å². The van der Waals surface area contributed by atoms with Gasteiger partial charge in [0.25, 0.3) is 0 Å². The first kappa shape index (κ1) is 32.8. The van der Waals surface area contributed by atoms with Crippen LogP contribution in [-0.4, -0.2) is 69.3 Å². The second kappa shape index (κ2) is 14.8. The van der Waals surface area contributed by atoms with Crippen molar-refractivity contribution in [1.82, 2.24) is 20.9 Å². The molecule has 0 aromatic heterocycles. The average molecular weight is 559 g/mol. The van der Waals surface area contributed by atoms with Gasteiger partial charge in [-0.15, -0.1) is 0 Å². The summed E-state index contributed by atoms with van der Waals surface area (Å²) in [6.07, 6.45) is 6.56. The van der Waals surface area contributed by atoms with E-state index >= 15 is 0 Å². The molecule has 1 heterocycles. The number of benzene rings is 1. The van der Waals surface area contributed by atoms with Crippen LogP contribution in [0.15, 0.2) is 30.3 Å². The van der Waals surface area contributed by atoms with E-state index in [0.717, 1.165) is 37.7 Å². The summed E-state index contributed by atoms with van der Waals surface area (Å²) >= 11 is 0. The van der Waals surface area contributed by atoms with Crippen LogP contribution in [0.5, 0.6) is 0 Å². The Morgan fingerprint density at radius 2 is 1.60 bits per heavy atom. The van der Waals surface area contributed by atoms with E-state index in [1.165, 1.54) is 18.7 Å². The minimum Gasteiger partial charge on any atom is -0.480 e. The molecule has 1 saturated heterocycles. The van der Waals surface area contributed by atoms with Crippen LogP contribution in [0.4, 0.5) is 0 Å². The Hall–Kier alpha value is -3.43. The smallest absolute Gasteiger partial charge is 0.328 e. The van der Waals surface area contributed by atoms with Crippen molar-refractivity contribution < 1.29 is 29.1 Å². The zero-order valence-corrected chi connectivity index (χ0v) is 24.5. The third kappa shape index (κ3) is 9.64. The lowest BCUT2D eigenvalue weighted by Crippen LogP contribution is -2.61. The zero-order valence-electron chi connectivity index (χ0n) is 24.5. The first-order chi connectivity index (χ1) is 18.8. The van der Waals surface area contributed by atoms with Gasteiger partial charge in [0.05, 0.1) is 0 Å². The third-order valence-corrected chi connectivity index (χ3v) is 7.20. The normalized spacial score (nSPS) is 16.2. The molecule has 0 spiro atoms. The van der Waals surface area contributed by atoms with Crippen LogP contribution in [0.1, 0.15) is 91.5 Å². The van der Waals surface area contributed by atoms with Crippen LogP contribution in [0, 0.1) is 0 Å². The molecule has 1 aromatic carbocycles. The summed E-state index contributed by atoms with van der Waals surface area (Å²) in [7, 11) is 0. The van der Waals surface area contributed by atoms with Gasteiger partial charge in [-0.3, -0.25) is 19.2 Å². The molecule has 2 atom stereocenters. The molecule has 1 aliphatic heterocycles. The van der Waals surface area contributed by atoms with Gasteiger partial charge in [0, 0.05) is 19.4 Å². The van der Waals surface area contributed by atoms with Crippen LogP contribution in [0.2, 0.25) is 0 Å². The van der Waals surface area contributed by atoms with Crippen molar-refractivity contribution in [2.24, 2.45) is 0 Å². The van der Waals surface area contributed by atoms with Gasteiger partial charge < -0.3 is 26.0 Å². The SMILES string of the molecule is CCCCCCCC(=O)NC(C)(C)C(=O)N1CCC[C@H]1C(=O)N[C@@H](Cc1ccccc1)C(=O)NC(C)(C)C(=O)O. The molecular weight excluding hydrogens is 512 g/mol. The molecule has 0 radical (unpaired) electrons. The Labute approximate surface area is 237 Å². The topological polar surface area (TPSA) is 145 Å². The lowest BCUT2D eigenvalue weighted by atomic mass is 10.0. The molecule has 10 heteroatoms. The number of likely N-dealkylation sites (tertiary alicyclic amines) is 1. The fourth-order valence-corrected chi connectivity index (χ4v) is 4.77. The number of amides is 4. The number of carboxylic acid groups (broad SMARTS) is 1. The van der Waals surface area contributed by atoms with Crippen LogP contribution < -0.4 is 16.0 Å². The van der Waals surface area contributed by atoms with E-state index in [-0.39, 0.29) is 18.2 Å². The van der Waals surface area contributed by atoms with Gasteiger partial charge in [-0.05, 0) is 52.5 Å². The molecule has 1 aromatic rings. The molecule has 1 fully saturated rings. The Balaban J connectivity index is 2.10. The number of nitrogens with zero attached hydrogens (tertiary/aromatic N) is 1. The summed E-state index contributed by atoms with van der Waals surface area (Å²) in [6, 6.07) is 7.23. The molecule has 2 rings (SSSR count). The van der Waals surface area contributed by atoms with Gasteiger partial charge in [0.15, 0.2) is 0 Å². The highest BCUT2D eigenvalue weighted by atomic mass is 16.4. The summed E-state index contributed by atoms with van der Waals surface area (Å²) in [5, 5.41) is 17.5. The van der Waals surface area contributed by atoms with Crippen LogP contribution >= 0.6 is 0 Å². The lowest BCUT2D eigenvalue weighted by Gasteiger charge is -2.34. The lowest BCUT2D eigenvalue weighted by molar-refractivity contribution is -0.147. The van der Waals surface area contributed by atoms with Crippen molar-refractivity contribution in [3.8, 4) is 0 Å².